The molecule has 3 heterocycles. The van der Waals surface area contributed by atoms with Gasteiger partial charge in [0, 0.05) is 24.0 Å². The summed E-state index contributed by atoms with van der Waals surface area (Å²) in [4.78, 5) is 21.5. The number of hydrogen-bond donors (Lipinski definition) is 2. The van der Waals surface area contributed by atoms with Crippen molar-refractivity contribution in [3.8, 4) is 0 Å². The minimum Gasteiger partial charge on any atom is -0.348 e. The van der Waals surface area contributed by atoms with Gasteiger partial charge in [-0.25, -0.2) is 15.0 Å². The summed E-state index contributed by atoms with van der Waals surface area (Å²) in [7, 11) is 0. The van der Waals surface area contributed by atoms with Gasteiger partial charge in [-0.15, -0.1) is 11.3 Å². The van der Waals surface area contributed by atoms with Gasteiger partial charge in [0.15, 0.2) is 0 Å². The highest BCUT2D eigenvalue weighted by atomic mass is 32.1. The minimum absolute atomic E-state index is 0.302. The fourth-order valence-electron chi connectivity index (χ4n) is 3.26. The van der Waals surface area contributed by atoms with Gasteiger partial charge in [0.05, 0.1) is 12.2 Å². The van der Waals surface area contributed by atoms with Gasteiger partial charge in [-0.3, -0.25) is 0 Å². The molecular formula is C16H23N7S. The lowest BCUT2D eigenvalue weighted by Crippen LogP contribution is -2.40. The Labute approximate surface area is 145 Å². The van der Waals surface area contributed by atoms with E-state index in [0.29, 0.717) is 18.5 Å². The summed E-state index contributed by atoms with van der Waals surface area (Å²) < 4.78 is 0. The molecule has 0 unspecified atom stereocenters. The molecule has 7 nitrogen and oxygen atoms in total. The molecule has 0 spiro atoms. The lowest BCUT2D eigenvalue weighted by molar-refractivity contribution is 0.495. The Morgan fingerprint density at radius 3 is 2.83 bits per heavy atom. The van der Waals surface area contributed by atoms with Crippen LogP contribution in [0.3, 0.4) is 0 Å². The molecular weight excluding hydrogens is 322 g/mol. The number of rotatable bonds is 4. The topological polar surface area (TPSA) is 92.8 Å². The zero-order chi connectivity index (χ0) is 16.4. The average molecular weight is 345 g/mol. The van der Waals surface area contributed by atoms with Crippen LogP contribution < -0.4 is 16.0 Å². The maximum atomic E-state index is 5.96. The first-order chi connectivity index (χ1) is 11.8. The zero-order valence-corrected chi connectivity index (χ0v) is 14.6. The van der Waals surface area contributed by atoms with E-state index in [1.807, 2.05) is 11.3 Å². The smallest absolute Gasteiger partial charge is 0.230 e. The molecule has 0 atom stereocenters. The number of nitrogens with zero attached hydrogens (tertiary/aromatic N) is 5. The second kappa shape index (κ2) is 6.98. The second-order valence-corrected chi connectivity index (χ2v) is 7.64. The third kappa shape index (κ3) is 3.49. The summed E-state index contributed by atoms with van der Waals surface area (Å²) in [6, 6.07) is 0.302. The highest BCUT2D eigenvalue weighted by Crippen LogP contribution is 2.27. The van der Waals surface area contributed by atoms with Crippen molar-refractivity contribution < 1.29 is 0 Å². The van der Waals surface area contributed by atoms with Gasteiger partial charge in [-0.05, 0) is 38.5 Å². The van der Waals surface area contributed by atoms with E-state index in [1.54, 1.807) is 6.33 Å². The van der Waals surface area contributed by atoms with E-state index < -0.39 is 0 Å². The van der Waals surface area contributed by atoms with Crippen LogP contribution >= 0.6 is 11.3 Å². The van der Waals surface area contributed by atoms with E-state index >= 15 is 0 Å². The van der Waals surface area contributed by atoms with Crippen molar-refractivity contribution in [1.82, 2.24) is 19.9 Å². The Morgan fingerprint density at radius 2 is 2.00 bits per heavy atom. The van der Waals surface area contributed by atoms with Crippen molar-refractivity contribution in [2.75, 3.05) is 23.3 Å². The third-order valence-electron chi connectivity index (χ3n) is 4.67. The van der Waals surface area contributed by atoms with Crippen LogP contribution in [0.5, 0.6) is 0 Å². The fraction of sp³-hybridized carbons (Fsp3) is 0.625. The Morgan fingerprint density at radius 1 is 1.17 bits per heavy atom. The maximum Gasteiger partial charge on any atom is 0.230 e. The number of piperidine rings is 1. The van der Waals surface area contributed by atoms with Gasteiger partial charge in [0.2, 0.25) is 11.9 Å². The van der Waals surface area contributed by atoms with Crippen molar-refractivity contribution in [3.05, 3.63) is 21.9 Å². The maximum absolute atomic E-state index is 5.96. The fourth-order valence-corrected chi connectivity index (χ4v) is 4.36. The summed E-state index contributed by atoms with van der Waals surface area (Å²) in [6.45, 7) is 2.49. The highest BCUT2D eigenvalue weighted by molar-refractivity contribution is 7.11. The van der Waals surface area contributed by atoms with Crippen LogP contribution in [0.2, 0.25) is 0 Å². The summed E-state index contributed by atoms with van der Waals surface area (Å²) in [6.07, 6.45) is 8.40. The van der Waals surface area contributed by atoms with Crippen LogP contribution in [0.4, 0.5) is 11.9 Å². The molecule has 2 aromatic heterocycles. The Hall–Kier alpha value is -1.80. The summed E-state index contributed by atoms with van der Waals surface area (Å²) in [5, 5.41) is 4.41. The molecule has 0 bridgehead atoms. The standard InChI is InChI=1S/C16H23N7S/c17-11-5-7-23(8-6-11)16-20-10-19-15(22-16)18-9-14-21-12-3-1-2-4-13(12)24-14/h10-11H,1-9,17H2,(H,18,19,20,22). The first kappa shape index (κ1) is 15.7. The van der Waals surface area contributed by atoms with Gasteiger partial charge in [0.1, 0.15) is 11.3 Å². The SMILES string of the molecule is NC1CCN(c2ncnc(NCc3nc4c(s3)CCCC4)n2)CC1. The number of hydrogen-bond acceptors (Lipinski definition) is 8. The lowest BCUT2D eigenvalue weighted by atomic mass is 10.0. The number of nitrogens with two attached hydrogens (primary N) is 1. The average Bonchev–Trinajstić information content (AvgIpc) is 3.04. The summed E-state index contributed by atoms with van der Waals surface area (Å²) in [5.74, 6) is 1.35. The predicted octanol–water partition coefficient (Wildman–Crippen LogP) is 1.75. The molecule has 0 radical (unpaired) electrons. The number of nitrogens with one attached hydrogen (secondary N) is 1. The largest absolute Gasteiger partial charge is 0.348 e. The molecule has 1 saturated heterocycles. The summed E-state index contributed by atoms with van der Waals surface area (Å²) >= 11 is 1.82. The van der Waals surface area contributed by atoms with Gasteiger partial charge < -0.3 is 16.0 Å². The van der Waals surface area contributed by atoms with Crippen molar-refractivity contribution in [3.63, 3.8) is 0 Å². The molecule has 0 amide bonds. The molecule has 8 heteroatoms. The molecule has 0 aromatic carbocycles. The van der Waals surface area contributed by atoms with Crippen molar-refractivity contribution in [2.45, 2.75) is 51.1 Å². The van der Waals surface area contributed by atoms with E-state index in [0.717, 1.165) is 43.3 Å². The van der Waals surface area contributed by atoms with E-state index in [4.69, 9.17) is 10.7 Å². The van der Waals surface area contributed by atoms with Crippen molar-refractivity contribution >= 4 is 23.2 Å². The van der Waals surface area contributed by atoms with Crippen molar-refractivity contribution in [2.24, 2.45) is 5.73 Å². The molecule has 3 N–H and O–H groups in total. The molecule has 2 aromatic rings. The Kier molecular flexibility index (Phi) is 4.57. The number of aryl methyl sites for hydroxylation is 2. The molecule has 1 aliphatic carbocycles. The number of aromatic nitrogens is 4. The zero-order valence-electron chi connectivity index (χ0n) is 13.7. The number of fused-ring (bicyclic) bond motifs is 1. The lowest BCUT2D eigenvalue weighted by Gasteiger charge is -2.29. The van der Waals surface area contributed by atoms with Crippen molar-refractivity contribution in [1.29, 1.82) is 0 Å². The minimum atomic E-state index is 0.302. The van der Waals surface area contributed by atoms with E-state index in [-0.39, 0.29) is 0 Å². The quantitative estimate of drug-likeness (QED) is 0.872. The molecule has 4 rings (SSSR count). The van der Waals surface area contributed by atoms with Crippen LogP contribution in [0.15, 0.2) is 6.33 Å². The molecule has 128 valence electrons. The number of anilines is 2. The summed E-state index contributed by atoms with van der Waals surface area (Å²) in [5.41, 5.74) is 7.26. The van der Waals surface area contributed by atoms with E-state index in [9.17, 15) is 0 Å². The van der Waals surface area contributed by atoms with Crippen LogP contribution in [0.25, 0.3) is 0 Å². The van der Waals surface area contributed by atoms with Crippen LogP contribution in [-0.2, 0) is 19.4 Å². The van der Waals surface area contributed by atoms with E-state index in [1.165, 1.54) is 29.8 Å². The van der Waals surface area contributed by atoms with Gasteiger partial charge >= 0.3 is 0 Å². The first-order valence-electron chi connectivity index (χ1n) is 8.69. The van der Waals surface area contributed by atoms with E-state index in [2.05, 4.69) is 25.2 Å². The monoisotopic (exact) mass is 345 g/mol. The Bertz CT molecular complexity index is 670. The van der Waals surface area contributed by atoms with Gasteiger partial charge in [0.25, 0.3) is 0 Å². The molecule has 0 saturated carbocycles. The molecule has 1 fully saturated rings. The predicted molar refractivity (Wildman–Crippen MR) is 95.3 cm³/mol. The van der Waals surface area contributed by atoms with Crippen LogP contribution in [0.1, 0.15) is 41.3 Å². The highest BCUT2D eigenvalue weighted by Gasteiger charge is 2.19. The third-order valence-corrected chi connectivity index (χ3v) is 5.83. The van der Waals surface area contributed by atoms with Crippen LogP contribution in [-0.4, -0.2) is 39.1 Å². The Balaban J connectivity index is 1.40. The number of thiazole rings is 1. The van der Waals surface area contributed by atoms with Gasteiger partial charge in [-0.2, -0.15) is 4.98 Å². The van der Waals surface area contributed by atoms with Gasteiger partial charge in [-0.1, -0.05) is 0 Å². The van der Waals surface area contributed by atoms with Crippen LogP contribution in [0, 0.1) is 0 Å². The molecule has 1 aliphatic heterocycles. The molecule has 2 aliphatic rings. The first-order valence-corrected chi connectivity index (χ1v) is 9.50. The second-order valence-electron chi connectivity index (χ2n) is 6.47. The normalized spacial score (nSPS) is 18.5. The molecule has 24 heavy (non-hydrogen) atoms.